The molecule has 5 heteroatoms. The highest BCUT2D eigenvalue weighted by Crippen LogP contribution is 2.36. The Hall–Kier alpha value is -0.683. The van der Waals surface area contributed by atoms with E-state index in [9.17, 15) is 9.59 Å². The summed E-state index contributed by atoms with van der Waals surface area (Å²) in [6.07, 6.45) is 12.9. The van der Waals surface area contributed by atoms with Gasteiger partial charge in [-0.25, -0.2) is 0 Å². The van der Waals surface area contributed by atoms with Crippen LogP contribution >= 0.6 is 0 Å². The maximum Gasteiger partial charge on any atom is 0.313 e. The van der Waals surface area contributed by atoms with Crippen molar-refractivity contribution in [2.24, 2.45) is 5.92 Å². The Balaban J connectivity index is 4.01. The van der Waals surface area contributed by atoms with Gasteiger partial charge >= 0.3 is 5.97 Å². The van der Waals surface area contributed by atoms with Gasteiger partial charge in [-0.3, -0.25) is 9.59 Å². The van der Waals surface area contributed by atoms with Crippen LogP contribution in [0.3, 0.4) is 0 Å². The van der Waals surface area contributed by atoms with Gasteiger partial charge in [0.2, 0.25) is 0 Å². The molecule has 0 aromatic rings. The monoisotopic (exact) mass is 456 g/mol. The minimum Gasteiger partial charge on any atom is -0.465 e. The average Bonchev–Trinajstić information content (AvgIpc) is 2.66. The summed E-state index contributed by atoms with van der Waals surface area (Å²) in [7, 11) is -1.71. The van der Waals surface area contributed by atoms with Crippen LogP contribution in [-0.4, -0.2) is 33.3 Å². The molecule has 0 radical (unpaired) electrons. The van der Waals surface area contributed by atoms with E-state index in [1.807, 2.05) is 0 Å². The third-order valence-corrected chi connectivity index (χ3v) is 11.2. The molecule has 0 aliphatic rings. The van der Waals surface area contributed by atoms with Crippen LogP contribution < -0.4 is 0 Å². The Morgan fingerprint density at radius 1 is 0.806 bits per heavy atom. The molecule has 0 heterocycles. The van der Waals surface area contributed by atoms with Gasteiger partial charge in [-0.2, -0.15) is 0 Å². The summed E-state index contributed by atoms with van der Waals surface area (Å²) < 4.78 is 11.5. The van der Waals surface area contributed by atoms with Crippen molar-refractivity contribution in [1.82, 2.24) is 0 Å². The van der Waals surface area contributed by atoms with Gasteiger partial charge in [-0.1, -0.05) is 86.0 Å². The van der Waals surface area contributed by atoms with Gasteiger partial charge in [0.25, 0.3) is 0 Å². The summed E-state index contributed by atoms with van der Waals surface area (Å²) in [5.74, 6) is 0.269. The Kier molecular flexibility index (Phi) is 16.5. The number of ether oxygens (including phenoxy) is 1. The van der Waals surface area contributed by atoms with E-state index in [0.717, 1.165) is 19.3 Å². The van der Waals surface area contributed by atoms with Crippen LogP contribution in [0.15, 0.2) is 0 Å². The molecule has 0 aromatic carbocycles. The first-order valence-corrected chi connectivity index (χ1v) is 15.8. The molecule has 0 aliphatic carbocycles. The molecule has 0 amide bonds. The Bertz CT molecular complexity index is 472. The van der Waals surface area contributed by atoms with Crippen molar-refractivity contribution < 1.29 is 18.8 Å². The fourth-order valence-electron chi connectivity index (χ4n) is 3.41. The molecule has 0 rings (SSSR count). The summed E-state index contributed by atoms with van der Waals surface area (Å²) in [4.78, 5) is 24.1. The van der Waals surface area contributed by atoms with Crippen LogP contribution in [0.2, 0.25) is 18.1 Å². The zero-order chi connectivity index (χ0) is 23.8. The highest BCUT2D eigenvalue weighted by Gasteiger charge is 2.36. The molecule has 0 spiro atoms. The molecule has 0 unspecified atom stereocenters. The predicted molar refractivity (Wildman–Crippen MR) is 134 cm³/mol. The van der Waals surface area contributed by atoms with Gasteiger partial charge in [-0.15, -0.1) is 0 Å². The predicted octanol–water partition coefficient (Wildman–Crippen LogP) is 7.85. The maximum absolute atomic E-state index is 12.1. The number of rotatable bonds is 19. The lowest BCUT2D eigenvalue weighted by Crippen LogP contribution is -2.40. The number of Topliss-reactive ketones (excluding diaryl/α,β-unsaturated/α-hetero) is 1. The third-order valence-electron chi connectivity index (χ3n) is 6.68. The first-order chi connectivity index (χ1) is 14.5. The van der Waals surface area contributed by atoms with Crippen LogP contribution in [-0.2, 0) is 18.8 Å². The molecule has 0 saturated heterocycles. The van der Waals surface area contributed by atoms with E-state index in [1.165, 1.54) is 51.4 Å². The molecule has 184 valence electrons. The zero-order valence-corrected chi connectivity index (χ0v) is 22.8. The summed E-state index contributed by atoms with van der Waals surface area (Å²) in [6.45, 7) is 16.8. The van der Waals surface area contributed by atoms with Gasteiger partial charge in [-0.05, 0) is 43.3 Å². The largest absolute Gasteiger partial charge is 0.465 e. The van der Waals surface area contributed by atoms with Gasteiger partial charge in [0.1, 0.15) is 12.2 Å². The lowest BCUT2D eigenvalue weighted by molar-refractivity contribution is -0.146. The Morgan fingerprint density at radius 2 is 1.39 bits per heavy atom. The SMILES string of the molecule is CCCCCC(CCCCC)CCOC(=O)CC(=O)CCCCO[Si](C)(C)C(C)(C)C. The first-order valence-electron chi connectivity index (χ1n) is 12.8. The molecule has 31 heavy (non-hydrogen) atoms. The van der Waals surface area contributed by atoms with Crippen LogP contribution in [0.4, 0.5) is 0 Å². The van der Waals surface area contributed by atoms with Crippen LogP contribution in [0.5, 0.6) is 0 Å². The fraction of sp³-hybridized carbons (Fsp3) is 0.923. The smallest absolute Gasteiger partial charge is 0.313 e. The third kappa shape index (κ3) is 15.7. The topological polar surface area (TPSA) is 52.6 Å². The number of ketones is 1. The quantitative estimate of drug-likeness (QED) is 0.0859. The highest BCUT2D eigenvalue weighted by molar-refractivity contribution is 6.74. The molecule has 4 nitrogen and oxygen atoms in total. The molecule has 0 saturated carbocycles. The average molecular weight is 457 g/mol. The lowest BCUT2D eigenvalue weighted by Gasteiger charge is -2.36. The first kappa shape index (κ1) is 30.3. The van der Waals surface area contributed by atoms with Crippen LogP contribution in [0.25, 0.3) is 0 Å². The fourth-order valence-corrected chi connectivity index (χ4v) is 4.49. The molecule has 0 fully saturated rings. The van der Waals surface area contributed by atoms with E-state index < -0.39 is 8.32 Å². The number of hydrogen-bond acceptors (Lipinski definition) is 4. The van der Waals surface area contributed by atoms with Crippen molar-refractivity contribution in [2.75, 3.05) is 13.2 Å². The van der Waals surface area contributed by atoms with Crippen molar-refractivity contribution in [3.63, 3.8) is 0 Å². The van der Waals surface area contributed by atoms with E-state index in [0.29, 0.717) is 25.6 Å². The molecule has 0 atom stereocenters. The lowest BCUT2D eigenvalue weighted by atomic mass is 9.92. The normalized spacial score (nSPS) is 12.4. The van der Waals surface area contributed by atoms with Crippen molar-refractivity contribution in [3.8, 4) is 0 Å². The van der Waals surface area contributed by atoms with E-state index in [4.69, 9.17) is 9.16 Å². The molecular weight excluding hydrogens is 404 g/mol. The number of carbonyl (C=O) groups is 2. The Morgan fingerprint density at radius 3 is 1.90 bits per heavy atom. The van der Waals surface area contributed by atoms with Crippen LogP contribution in [0, 0.1) is 5.92 Å². The van der Waals surface area contributed by atoms with E-state index in [1.54, 1.807) is 0 Å². The second kappa shape index (κ2) is 16.9. The number of esters is 1. The second-order valence-corrected chi connectivity index (χ2v) is 15.5. The molecular formula is C26H52O4Si. The van der Waals surface area contributed by atoms with Crippen molar-refractivity contribution >= 4 is 20.1 Å². The summed E-state index contributed by atoms with van der Waals surface area (Å²) in [6, 6.07) is 0. The van der Waals surface area contributed by atoms with Gasteiger partial charge in [0.05, 0.1) is 6.61 Å². The maximum atomic E-state index is 12.1. The van der Waals surface area contributed by atoms with E-state index in [2.05, 4.69) is 47.7 Å². The molecule has 0 N–H and O–H groups in total. The number of unbranched alkanes of at least 4 members (excludes halogenated alkanes) is 5. The second-order valence-electron chi connectivity index (χ2n) is 10.6. The van der Waals surface area contributed by atoms with Gasteiger partial charge < -0.3 is 9.16 Å². The van der Waals surface area contributed by atoms with Crippen LogP contribution in [0.1, 0.15) is 118 Å². The minimum absolute atomic E-state index is 0.0141. The van der Waals surface area contributed by atoms with Crippen molar-refractivity contribution in [1.29, 1.82) is 0 Å². The van der Waals surface area contributed by atoms with Crippen molar-refractivity contribution in [3.05, 3.63) is 0 Å². The Labute approximate surface area is 194 Å². The standard InChI is InChI=1S/C26H52O4Si/c1-8-10-12-16-23(17-13-11-9-2)19-21-29-25(28)22-24(27)18-14-15-20-30-31(6,7)26(3,4)5/h23H,8-22H2,1-7H3. The molecule has 0 aromatic heterocycles. The highest BCUT2D eigenvalue weighted by atomic mass is 28.4. The zero-order valence-electron chi connectivity index (χ0n) is 21.8. The number of carbonyl (C=O) groups excluding carboxylic acids is 2. The molecule has 0 aliphatic heterocycles. The van der Waals surface area contributed by atoms with Crippen molar-refractivity contribution in [2.45, 2.75) is 136 Å². The summed E-state index contributed by atoms with van der Waals surface area (Å²) >= 11 is 0. The summed E-state index contributed by atoms with van der Waals surface area (Å²) in [5, 5.41) is 0.206. The summed E-state index contributed by atoms with van der Waals surface area (Å²) in [5.41, 5.74) is 0. The van der Waals surface area contributed by atoms with Gasteiger partial charge in [0.15, 0.2) is 8.32 Å². The minimum atomic E-state index is -1.71. The molecule has 0 bridgehead atoms. The van der Waals surface area contributed by atoms with E-state index >= 15 is 0 Å². The van der Waals surface area contributed by atoms with Gasteiger partial charge in [0, 0.05) is 13.0 Å². The van der Waals surface area contributed by atoms with E-state index in [-0.39, 0.29) is 23.2 Å². The number of hydrogen-bond donors (Lipinski definition) is 0.